The van der Waals surface area contributed by atoms with E-state index in [0.29, 0.717) is 15.9 Å². The summed E-state index contributed by atoms with van der Waals surface area (Å²) in [5.74, 6) is 0.340. The number of carbonyl (C=O) groups excluding carboxylic acids is 1. The monoisotopic (exact) mass is 427 g/mol. The van der Waals surface area contributed by atoms with Crippen LogP contribution in [0.3, 0.4) is 0 Å². The number of halogens is 1. The van der Waals surface area contributed by atoms with Crippen molar-refractivity contribution in [3.8, 4) is 5.75 Å². The number of ether oxygens (including phenoxy) is 1. The second-order valence-electron chi connectivity index (χ2n) is 7.04. The third-order valence-corrected chi connectivity index (χ3v) is 6.00. The Morgan fingerprint density at radius 2 is 2.10 bits per heavy atom. The van der Waals surface area contributed by atoms with E-state index in [9.17, 15) is 4.79 Å². The molecule has 1 amide bonds. The topological polar surface area (TPSA) is 54.5 Å². The predicted molar refractivity (Wildman–Crippen MR) is 117 cm³/mol. The van der Waals surface area contributed by atoms with Crippen LogP contribution in [0, 0.1) is 0 Å². The summed E-state index contributed by atoms with van der Waals surface area (Å²) in [6.07, 6.45) is 0.243. The van der Waals surface area contributed by atoms with Crippen LogP contribution < -0.4 is 10.1 Å². The Morgan fingerprint density at radius 1 is 1.28 bits per heavy atom. The average Bonchev–Trinajstić information content (AvgIpc) is 3.10. The lowest BCUT2D eigenvalue weighted by Gasteiger charge is -2.25. The maximum atomic E-state index is 12.5. The van der Waals surface area contributed by atoms with Crippen molar-refractivity contribution < 1.29 is 9.53 Å². The van der Waals surface area contributed by atoms with Crippen LogP contribution in [-0.4, -0.2) is 28.4 Å². The van der Waals surface area contributed by atoms with E-state index >= 15 is 0 Å². The van der Waals surface area contributed by atoms with Crippen LogP contribution in [0.2, 0.25) is 5.02 Å². The number of fused-ring (bicyclic) bond motifs is 1. The Labute approximate surface area is 179 Å². The molecular weight excluding hydrogens is 406 g/mol. The molecule has 1 N–H and O–H groups in total. The number of hydrogen-bond donors (Lipinski definition) is 1. The fourth-order valence-corrected chi connectivity index (χ4v) is 4.52. The number of anilines is 1. The Hall–Kier alpha value is -2.41. The van der Waals surface area contributed by atoms with Gasteiger partial charge in [-0.1, -0.05) is 48.0 Å². The summed E-state index contributed by atoms with van der Waals surface area (Å²) in [5, 5.41) is 4.09. The van der Waals surface area contributed by atoms with Gasteiger partial charge in [0, 0.05) is 36.0 Å². The SMILES string of the molecule is C[C@H](Oc1cccc(Cl)c1)C(=O)Nc1nc2c(s1)CN(Cc1ccccc1)CC2. The highest BCUT2D eigenvalue weighted by Crippen LogP contribution is 2.29. The van der Waals surface area contributed by atoms with E-state index in [1.54, 1.807) is 42.5 Å². The zero-order chi connectivity index (χ0) is 20.2. The van der Waals surface area contributed by atoms with Crippen LogP contribution in [-0.2, 0) is 24.3 Å². The average molecular weight is 428 g/mol. The molecule has 0 fully saturated rings. The molecule has 0 unspecified atom stereocenters. The number of thiazole rings is 1. The van der Waals surface area contributed by atoms with Crippen LogP contribution in [0.15, 0.2) is 54.6 Å². The minimum atomic E-state index is -0.649. The zero-order valence-corrected chi connectivity index (χ0v) is 17.7. The van der Waals surface area contributed by atoms with Crippen molar-refractivity contribution in [3.05, 3.63) is 75.8 Å². The lowest BCUT2D eigenvalue weighted by molar-refractivity contribution is -0.122. The van der Waals surface area contributed by atoms with Gasteiger partial charge in [0.15, 0.2) is 11.2 Å². The number of amides is 1. The number of aromatic nitrogens is 1. The fraction of sp³-hybridized carbons (Fsp3) is 0.273. The van der Waals surface area contributed by atoms with Crippen molar-refractivity contribution in [1.29, 1.82) is 0 Å². The van der Waals surface area contributed by atoms with Crippen LogP contribution in [0.1, 0.15) is 23.1 Å². The van der Waals surface area contributed by atoms with Gasteiger partial charge in [0.25, 0.3) is 5.91 Å². The molecule has 0 saturated carbocycles. The summed E-state index contributed by atoms with van der Waals surface area (Å²) in [6.45, 7) is 4.45. The quantitative estimate of drug-likeness (QED) is 0.616. The molecule has 1 aliphatic heterocycles. The number of nitrogens with zero attached hydrogens (tertiary/aromatic N) is 2. The van der Waals surface area contributed by atoms with Crippen molar-refractivity contribution in [2.45, 2.75) is 32.5 Å². The lowest BCUT2D eigenvalue weighted by atomic mass is 10.1. The third-order valence-electron chi connectivity index (χ3n) is 4.77. The van der Waals surface area contributed by atoms with Gasteiger partial charge in [-0.2, -0.15) is 0 Å². The standard InChI is InChI=1S/C22H22ClN3O2S/c1-15(28-18-9-5-8-17(23)12-18)21(27)25-22-24-19-10-11-26(14-20(19)29-22)13-16-6-3-2-4-7-16/h2-9,12,15H,10-11,13-14H2,1H3,(H,24,25,27)/t15-/m0/s1. The number of hydrogen-bond acceptors (Lipinski definition) is 5. The smallest absolute Gasteiger partial charge is 0.266 e. The number of rotatable bonds is 6. The Bertz CT molecular complexity index is 993. The molecule has 1 atom stereocenters. The van der Waals surface area contributed by atoms with Crippen LogP contribution in [0.25, 0.3) is 0 Å². The zero-order valence-electron chi connectivity index (χ0n) is 16.1. The first-order valence-corrected chi connectivity index (χ1v) is 10.7. The summed E-state index contributed by atoms with van der Waals surface area (Å²) < 4.78 is 5.69. The van der Waals surface area contributed by atoms with Crippen molar-refractivity contribution >= 4 is 34.0 Å². The molecule has 29 heavy (non-hydrogen) atoms. The number of benzene rings is 2. The molecule has 150 valence electrons. The van der Waals surface area contributed by atoms with E-state index in [4.69, 9.17) is 16.3 Å². The van der Waals surface area contributed by atoms with Gasteiger partial charge >= 0.3 is 0 Å². The highest BCUT2D eigenvalue weighted by Gasteiger charge is 2.23. The van der Waals surface area contributed by atoms with Crippen molar-refractivity contribution in [2.24, 2.45) is 0 Å². The molecule has 0 saturated heterocycles. The van der Waals surface area contributed by atoms with Gasteiger partial charge in [0.05, 0.1) is 5.69 Å². The Morgan fingerprint density at radius 3 is 2.90 bits per heavy atom. The van der Waals surface area contributed by atoms with Gasteiger partial charge in [0.2, 0.25) is 0 Å². The summed E-state index contributed by atoms with van der Waals surface area (Å²) in [6, 6.07) is 17.5. The molecule has 7 heteroatoms. The van der Waals surface area contributed by atoms with Crippen molar-refractivity contribution in [2.75, 3.05) is 11.9 Å². The summed E-state index contributed by atoms with van der Waals surface area (Å²) in [4.78, 5) is 20.7. The summed E-state index contributed by atoms with van der Waals surface area (Å²) in [7, 11) is 0. The molecule has 5 nitrogen and oxygen atoms in total. The van der Waals surface area contributed by atoms with Crippen molar-refractivity contribution in [1.82, 2.24) is 9.88 Å². The van der Waals surface area contributed by atoms with Gasteiger partial charge in [-0.3, -0.25) is 15.0 Å². The van der Waals surface area contributed by atoms with Gasteiger partial charge in [-0.05, 0) is 30.7 Å². The fourth-order valence-electron chi connectivity index (χ4n) is 3.28. The molecule has 0 aliphatic carbocycles. The molecule has 2 heterocycles. The molecule has 1 aromatic heterocycles. The molecule has 2 aromatic carbocycles. The van der Waals surface area contributed by atoms with Crippen molar-refractivity contribution in [3.63, 3.8) is 0 Å². The molecular formula is C22H22ClN3O2S. The number of carbonyl (C=O) groups is 1. The van der Waals surface area contributed by atoms with E-state index in [1.165, 1.54) is 10.4 Å². The second-order valence-corrected chi connectivity index (χ2v) is 8.56. The van der Waals surface area contributed by atoms with Gasteiger partial charge in [-0.15, -0.1) is 11.3 Å². The molecule has 1 aliphatic rings. The van der Waals surface area contributed by atoms with Crippen LogP contribution >= 0.6 is 22.9 Å². The normalized spacial score (nSPS) is 14.8. The minimum absolute atomic E-state index is 0.225. The highest BCUT2D eigenvalue weighted by atomic mass is 35.5. The van der Waals surface area contributed by atoms with E-state index in [1.807, 2.05) is 6.07 Å². The lowest BCUT2D eigenvalue weighted by Crippen LogP contribution is -2.30. The van der Waals surface area contributed by atoms with Crippen LogP contribution in [0.4, 0.5) is 5.13 Å². The predicted octanol–water partition coefficient (Wildman–Crippen LogP) is 4.76. The number of nitrogens with one attached hydrogen (secondary N) is 1. The summed E-state index contributed by atoms with van der Waals surface area (Å²) in [5.41, 5.74) is 2.39. The maximum absolute atomic E-state index is 12.5. The first-order chi connectivity index (χ1) is 14.1. The van der Waals surface area contributed by atoms with E-state index in [0.717, 1.165) is 31.7 Å². The van der Waals surface area contributed by atoms with E-state index in [-0.39, 0.29) is 5.91 Å². The van der Waals surface area contributed by atoms with E-state index in [2.05, 4.69) is 39.5 Å². The second kappa shape index (κ2) is 8.95. The Balaban J connectivity index is 1.35. The first-order valence-electron chi connectivity index (χ1n) is 9.55. The molecule has 4 rings (SSSR count). The van der Waals surface area contributed by atoms with Gasteiger partial charge < -0.3 is 4.74 Å². The molecule has 0 bridgehead atoms. The first kappa shape index (κ1) is 19.9. The van der Waals surface area contributed by atoms with Gasteiger partial charge in [-0.25, -0.2) is 4.98 Å². The third kappa shape index (κ3) is 5.15. The minimum Gasteiger partial charge on any atom is -0.481 e. The molecule has 0 radical (unpaired) electrons. The Kier molecular flexibility index (Phi) is 6.13. The highest BCUT2D eigenvalue weighted by molar-refractivity contribution is 7.15. The van der Waals surface area contributed by atoms with Crippen LogP contribution in [0.5, 0.6) is 5.75 Å². The maximum Gasteiger partial charge on any atom is 0.266 e. The molecule has 0 spiro atoms. The molecule has 3 aromatic rings. The summed E-state index contributed by atoms with van der Waals surface area (Å²) >= 11 is 7.51. The van der Waals surface area contributed by atoms with E-state index < -0.39 is 6.10 Å². The van der Waals surface area contributed by atoms with Gasteiger partial charge in [0.1, 0.15) is 5.75 Å². The largest absolute Gasteiger partial charge is 0.481 e.